The van der Waals surface area contributed by atoms with E-state index in [-0.39, 0.29) is 23.9 Å². The van der Waals surface area contributed by atoms with Gasteiger partial charge in [0.2, 0.25) is 0 Å². The Morgan fingerprint density at radius 3 is 1.46 bits per heavy atom. The van der Waals surface area contributed by atoms with Crippen molar-refractivity contribution >= 4 is 11.6 Å². The first-order valence-corrected chi connectivity index (χ1v) is 14.1. The van der Waals surface area contributed by atoms with E-state index in [1.165, 1.54) is 0 Å². The zero-order valence-electron chi connectivity index (χ0n) is 22.7. The number of rotatable bonds is 7. The molecule has 1 saturated carbocycles. The molecule has 5 aromatic carbocycles. The number of carbonyl (C=O) groups is 2. The van der Waals surface area contributed by atoms with Crippen molar-refractivity contribution in [2.45, 2.75) is 23.9 Å². The molecule has 0 amide bonds. The van der Waals surface area contributed by atoms with Crippen LogP contribution >= 0.6 is 0 Å². The second-order valence-electron chi connectivity index (χ2n) is 10.9. The van der Waals surface area contributed by atoms with E-state index in [9.17, 15) is 14.7 Å². The van der Waals surface area contributed by atoms with Gasteiger partial charge in [-0.25, -0.2) is 0 Å². The summed E-state index contributed by atoms with van der Waals surface area (Å²) in [6.45, 7) is 0. The lowest BCUT2D eigenvalue weighted by molar-refractivity contribution is -0.0690. The quantitative estimate of drug-likeness (QED) is 0.216. The molecule has 0 spiro atoms. The highest BCUT2D eigenvalue weighted by atomic mass is 16.3. The Morgan fingerprint density at radius 2 is 0.951 bits per heavy atom. The van der Waals surface area contributed by atoms with Crippen LogP contribution in [0.25, 0.3) is 0 Å². The van der Waals surface area contributed by atoms with Crippen molar-refractivity contribution in [3.63, 3.8) is 0 Å². The van der Waals surface area contributed by atoms with Gasteiger partial charge in [-0.2, -0.15) is 0 Å². The third-order valence-electron chi connectivity index (χ3n) is 8.61. The van der Waals surface area contributed by atoms with Gasteiger partial charge in [-0.05, 0) is 29.0 Å². The van der Waals surface area contributed by atoms with Crippen LogP contribution in [0.4, 0.5) is 0 Å². The Hall–Kier alpha value is -4.60. The molecular formula is C38H32O3. The number of carbonyl (C=O) groups excluding carboxylic acids is 2. The van der Waals surface area contributed by atoms with Crippen molar-refractivity contribution in [3.8, 4) is 0 Å². The van der Waals surface area contributed by atoms with Gasteiger partial charge >= 0.3 is 0 Å². The van der Waals surface area contributed by atoms with Gasteiger partial charge in [0.25, 0.3) is 0 Å². The van der Waals surface area contributed by atoms with Gasteiger partial charge < -0.3 is 5.11 Å². The lowest BCUT2D eigenvalue weighted by Gasteiger charge is -2.51. The van der Waals surface area contributed by atoms with Gasteiger partial charge in [0.15, 0.2) is 11.6 Å². The van der Waals surface area contributed by atoms with Crippen LogP contribution in [0.2, 0.25) is 0 Å². The summed E-state index contributed by atoms with van der Waals surface area (Å²) in [6, 6.07) is 47.8. The molecule has 0 bridgehead atoms. The molecule has 5 unspecified atom stereocenters. The first kappa shape index (κ1) is 26.6. The Kier molecular flexibility index (Phi) is 7.45. The van der Waals surface area contributed by atoms with Crippen molar-refractivity contribution in [1.29, 1.82) is 0 Å². The van der Waals surface area contributed by atoms with Crippen molar-refractivity contribution in [2.24, 2.45) is 11.8 Å². The van der Waals surface area contributed by atoms with Crippen molar-refractivity contribution in [2.75, 3.05) is 0 Å². The molecule has 1 aliphatic rings. The number of benzene rings is 5. The number of ketones is 2. The van der Waals surface area contributed by atoms with E-state index in [2.05, 4.69) is 0 Å². The van der Waals surface area contributed by atoms with E-state index in [4.69, 9.17) is 0 Å². The van der Waals surface area contributed by atoms with Crippen LogP contribution in [0.3, 0.4) is 0 Å². The maximum atomic E-state index is 14.6. The molecule has 202 valence electrons. The maximum Gasteiger partial charge on any atom is 0.169 e. The van der Waals surface area contributed by atoms with Crippen molar-refractivity contribution < 1.29 is 14.7 Å². The molecule has 1 N–H and O–H groups in total. The van der Waals surface area contributed by atoms with E-state index in [1.807, 2.05) is 140 Å². The fourth-order valence-corrected chi connectivity index (χ4v) is 6.77. The SMILES string of the molecule is O=C(c1ccccc1)C1C(c2ccccc2)CC(O)(c2ccccc2)C(C(=O)c2ccccc2)C1c1ccccc1. The van der Waals surface area contributed by atoms with E-state index in [0.29, 0.717) is 16.7 Å². The predicted octanol–water partition coefficient (Wildman–Crippen LogP) is 7.84. The van der Waals surface area contributed by atoms with Crippen molar-refractivity contribution in [1.82, 2.24) is 0 Å². The smallest absolute Gasteiger partial charge is 0.169 e. The van der Waals surface area contributed by atoms with E-state index in [0.717, 1.165) is 11.1 Å². The Morgan fingerprint density at radius 1 is 0.537 bits per heavy atom. The number of aliphatic hydroxyl groups is 1. The second kappa shape index (κ2) is 11.5. The predicted molar refractivity (Wildman–Crippen MR) is 162 cm³/mol. The molecule has 0 heterocycles. The summed E-state index contributed by atoms with van der Waals surface area (Å²) in [5, 5.41) is 12.9. The summed E-state index contributed by atoms with van der Waals surface area (Å²) in [6.07, 6.45) is 0.233. The standard InChI is InChI=1S/C38H32O3/c39-36(29-20-10-3-11-21-29)34-32(27-16-6-1-7-17-27)26-38(41,31-24-14-5-15-25-31)35(33(34)28-18-8-2-9-19-28)37(40)30-22-12-4-13-23-30/h1-25,32-35,41H,26H2. The van der Waals surface area contributed by atoms with Crippen molar-refractivity contribution in [3.05, 3.63) is 179 Å². The largest absolute Gasteiger partial charge is 0.384 e. The maximum absolute atomic E-state index is 14.6. The molecule has 0 saturated heterocycles. The molecule has 5 atom stereocenters. The first-order valence-electron chi connectivity index (χ1n) is 14.1. The zero-order valence-corrected chi connectivity index (χ0v) is 22.7. The van der Waals surface area contributed by atoms with Gasteiger partial charge in [0.05, 0.1) is 5.92 Å². The molecule has 1 fully saturated rings. The average molecular weight is 537 g/mol. The molecule has 0 aromatic heterocycles. The summed E-state index contributed by atoms with van der Waals surface area (Å²) < 4.78 is 0. The normalized spacial score (nSPS) is 23.9. The lowest BCUT2D eigenvalue weighted by Crippen LogP contribution is -2.53. The molecule has 6 rings (SSSR count). The van der Waals surface area contributed by atoms with Crippen LogP contribution < -0.4 is 0 Å². The highest BCUT2D eigenvalue weighted by Gasteiger charge is 2.58. The van der Waals surface area contributed by atoms with E-state index < -0.39 is 23.4 Å². The molecule has 0 aliphatic heterocycles. The monoisotopic (exact) mass is 536 g/mol. The molecule has 41 heavy (non-hydrogen) atoms. The minimum atomic E-state index is -1.53. The zero-order chi connectivity index (χ0) is 28.2. The molecule has 0 radical (unpaired) electrons. The van der Waals surface area contributed by atoms with Gasteiger partial charge in [-0.15, -0.1) is 0 Å². The summed E-state index contributed by atoms with van der Waals surface area (Å²) in [5.74, 6) is -2.58. The molecular weight excluding hydrogens is 504 g/mol. The number of hydrogen-bond donors (Lipinski definition) is 1. The topological polar surface area (TPSA) is 54.4 Å². The fraction of sp³-hybridized carbons (Fsp3) is 0.158. The fourth-order valence-electron chi connectivity index (χ4n) is 6.77. The third-order valence-corrected chi connectivity index (χ3v) is 8.61. The summed E-state index contributed by atoms with van der Waals surface area (Å²) in [5.41, 5.74) is 2.13. The first-order chi connectivity index (χ1) is 20.1. The van der Waals surface area contributed by atoms with Crippen LogP contribution in [0.5, 0.6) is 0 Å². The van der Waals surface area contributed by atoms with Crippen LogP contribution in [-0.2, 0) is 5.60 Å². The molecule has 3 nitrogen and oxygen atoms in total. The minimum absolute atomic E-state index is 0.0192. The molecule has 1 aliphatic carbocycles. The van der Waals surface area contributed by atoms with Gasteiger partial charge in [0.1, 0.15) is 5.60 Å². The summed E-state index contributed by atoms with van der Waals surface area (Å²) in [4.78, 5) is 29.3. The number of Topliss-reactive ketones (excluding diaryl/α,β-unsaturated/α-hetero) is 2. The average Bonchev–Trinajstić information content (AvgIpc) is 3.05. The molecule has 5 aromatic rings. The van der Waals surface area contributed by atoms with Crippen LogP contribution in [0, 0.1) is 11.8 Å². The van der Waals surface area contributed by atoms with E-state index >= 15 is 0 Å². The Labute approximate surface area is 241 Å². The van der Waals surface area contributed by atoms with Crippen LogP contribution in [-0.4, -0.2) is 16.7 Å². The van der Waals surface area contributed by atoms with Crippen LogP contribution in [0.1, 0.15) is 55.7 Å². The summed E-state index contributed by atoms with van der Waals surface area (Å²) >= 11 is 0. The highest BCUT2D eigenvalue weighted by Crippen LogP contribution is 2.58. The highest BCUT2D eigenvalue weighted by molar-refractivity contribution is 6.03. The number of hydrogen-bond acceptors (Lipinski definition) is 3. The second-order valence-corrected chi connectivity index (χ2v) is 10.9. The Bertz CT molecular complexity index is 1600. The minimum Gasteiger partial charge on any atom is -0.384 e. The van der Waals surface area contributed by atoms with Gasteiger partial charge in [-0.1, -0.05) is 152 Å². The Balaban J connectivity index is 1.64. The van der Waals surface area contributed by atoms with Gasteiger partial charge in [-0.3, -0.25) is 9.59 Å². The lowest BCUT2D eigenvalue weighted by atomic mass is 9.52. The third kappa shape index (κ3) is 5.05. The summed E-state index contributed by atoms with van der Waals surface area (Å²) in [7, 11) is 0. The molecule has 3 heteroatoms. The van der Waals surface area contributed by atoms with Crippen LogP contribution in [0.15, 0.2) is 152 Å². The van der Waals surface area contributed by atoms with Gasteiger partial charge in [0, 0.05) is 23.0 Å². The van der Waals surface area contributed by atoms with E-state index in [1.54, 1.807) is 12.1 Å².